The molecule has 0 bridgehead atoms. The zero-order valence-corrected chi connectivity index (χ0v) is 12.9. The molecule has 0 atom stereocenters. The maximum absolute atomic E-state index is 10.8. The van der Waals surface area contributed by atoms with Gasteiger partial charge in [-0.3, -0.25) is 0 Å². The van der Waals surface area contributed by atoms with Crippen molar-refractivity contribution in [3.05, 3.63) is 48.0 Å². The van der Waals surface area contributed by atoms with Gasteiger partial charge in [0.05, 0.1) is 19.8 Å². The minimum atomic E-state index is -0.968. The van der Waals surface area contributed by atoms with E-state index >= 15 is 0 Å². The van der Waals surface area contributed by atoms with Gasteiger partial charge in [-0.1, -0.05) is 6.07 Å². The number of carbonyl (C=O) groups is 1. The van der Waals surface area contributed by atoms with Crippen LogP contribution in [0.25, 0.3) is 0 Å². The lowest BCUT2D eigenvalue weighted by atomic mass is 10.2. The number of methoxy groups -OCH3 is 2. The first-order chi connectivity index (χ1) is 11.2. The summed E-state index contributed by atoms with van der Waals surface area (Å²) in [5, 5.41) is 8.83. The van der Waals surface area contributed by atoms with Crippen molar-refractivity contribution in [2.24, 2.45) is 0 Å². The molecule has 0 heterocycles. The summed E-state index contributed by atoms with van der Waals surface area (Å²) >= 11 is 0. The van der Waals surface area contributed by atoms with E-state index in [1.165, 1.54) is 12.1 Å². The largest absolute Gasteiger partial charge is 0.493 e. The number of carboxylic acid groups (broad SMARTS) is 1. The fourth-order valence-corrected chi connectivity index (χ4v) is 1.98. The van der Waals surface area contributed by atoms with Gasteiger partial charge >= 0.3 is 5.97 Å². The van der Waals surface area contributed by atoms with Crippen LogP contribution in [-0.4, -0.2) is 38.5 Å². The molecular formula is C17H18O6. The molecule has 0 saturated carbocycles. The Kier molecular flexibility index (Phi) is 5.68. The van der Waals surface area contributed by atoms with Crippen LogP contribution in [0.2, 0.25) is 0 Å². The third kappa shape index (κ3) is 4.29. The van der Waals surface area contributed by atoms with Crippen molar-refractivity contribution in [2.75, 3.05) is 27.4 Å². The summed E-state index contributed by atoms with van der Waals surface area (Å²) in [6.07, 6.45) is 0. The third-order valence-corrected chi connectivity index (χ3v) is 3.08. The fourth-order valence-electron chi connectivity index (χ4n) is 1.98. The molecule has 0 radical (unpaired) electrons. The van der Waals surface area contributed by atoms with Crippen LogP contribution in [0.1, 0.15) is 10.4 Å². The van der Waals surface area contributed by atoms with Crippen LogP contribution in [0.4, 0.5) is 0 Å². The second-order valence-corrected chi connectivity index (χ2v) is 4.52. The molecule has 0 saturated heterocycles. The van der Waals surface area contributed by atoms with Crippen molar-refractivity contribution in [3.63, 3.8) is 0 Å². The summed E-state index contributed by atoms with van der Waals surface area (Å²) in [7, 11) is 3.11. The molecule has 1 N–H and O–H groups in total. The fraction of sp³-hybridized carbons (Fsp3) is 0.235. The Hall–Kier alpha value is -2.89. The summed E-state index contributed by atoms with van der Waals surface area (Å²) in [6, 6.07) is 11.6. The van der Waals surface area contributed by atoms with E-state index in [2.05, 4.69) is 0 Å². The molecule has 0 spiro atoms. The number of rotatable bonds is 8. The first kappa shape index (κ1) is 16.5. The van der Waals surface area contributed by atoms with E-state index in [1.807, 2.05) is 6.07 Å². The topological polar surface area (TPSA) is 74.2 Å². The predicted octanol–water partition coefficient (Wildman–Crippen LogP) is 2.86. The predicted molar refractivity (Wildman–Crippen MR) is 83.9 cm³/mol. The molecule has 0 aliphatic carbocycles. The quantitative estimate of drug-likeness (QED) is 0.754. The van der Waals surface area contributed by atoms with Gasteiger partial charge in [-0.05, 0) is 36.4 Å². The summed E-state index contributed by atoms with van der Waals surface area (Å²) in [6.45, 7) is 0.622. The highest BCUT2D eigenvalue weighted by Crippen LogP contribution is 2.36. The summed E-state index contributed by atoms with van der Waals surface area (Å²) in [5.74, 6) is 1.30. The molecule has 0 aromatic heterocycles. The number of aromatic carboxylic acids is 1. The van der Waals surface area contributed by atoms with Gasteiger partial charge in [-0.25, -0.2) is 4.79 Å². The number of benzene rings is 2. The molecule has 2 rings (SSSR count). The first-order valence-corrected chi connectivity index (χ1v) is 6.95. The minimum absolute atomic E-state index is 0.217. The molecular weight excluding hydrogens is 300 g/mol. The van der Waals surface area contributed by atoms with Crippen molar-refractivity contribution in [1.29, 1.82) is 0 Å². The van der Waals surface area contributed by atoms with Gasteiger partial charge < -0.3 is 24.1 Å². The van der Waals surface area contributed by atoms with Crippen LogP contribution < -0.4 is 18.9 Å². The second-order valence-electron chi connectivity index (χ2n) is 4.52. The Bertz CT molecular complexity index is 651. The van der Waals surface area contributed by atoms with E-state index < -0.39 is 5.97 Å². The Morgan fingerprint density at radius 3 is 2.17 bits per heavy atom. The van der Waals surface area contributed by atoms with E-state index in [0.29, 0.717) is 36.2 Å². The molecule has 6 heteroatoms. The highest BCUT2D eigenvalue weighted by Gasteiger charge is 2.10. The van der Waals surface area contributed by atoms with E-state index in [4.69, 9.17) is 24.1 Å². The van der Waals surface area contributed by atoms with Crippen molar-refractivity contribution in [1.82, 2.24) is 0 Å². The maximum atomic E-state index is 10.8. The zero-order chi connectivity index (χ0) is 16.7. The smallest absolute Gasteiger partial charge is 0.335 e. The van der Waals surface area contributed by atoms with Crippen LogP contribution in [0.5, 0.6) is 23.0 Å². The second kappa shape index (κ2) is 7.93. The van der Waals surface area contributed by atoms with Crippen molar-refractivity contribution >= 4 is 5.97 Å². The summed E-state index contributed by atoms with van der Waals surface area (Å²) in [5.41, 5.74) is 0.217. The average Bonchev–Trinajstić information content (AvgIpc) is 2.58. The Morgan fingerprint density at radius 2 is 1.57 bits per heavy atom. The highest BCUT2D eigenvalue weighted by atomic mass is 16.5. The summed E-state index contributed by atoms with van der Waals surface area (Å²) in [4.78, 5) is 10.8. The molecule has 2 aromatic carbocycles. The number of hydrogen-bond donors (Lipinski definition) is 1. The van der Waals surface area contributed by atoms with Crippen LogP contribution in [0.15, 0.2) is 42.5 Å². The van der Waals surface area contributed by atoms with Crippen LogP contribution >= 0.6 is 0 Å². The van der Waals surface area contributed by atoms with Crippen LogP contribution in [0, 0.1) is 0 Å². The lowest BCUT2D eigenvalue weighted by molar-refractivity contribution is 0.0697. The van der Waals surface area contributed by atoms with E-state index in [9.17, 15) is 4.79 Å². The normalized spacial score (nSPS) is 10.0. The minimum Gasteiger partial charge on any atom is -0.493 e. The number of ether oxygens (including phenoxy) is 4. The molecule has 0 amide bonds. The Labute approximate surface area is 134 Å². The van der Waals surface area contributed by atoms with Gasteiger partial charge in [-0.2, -0.15) is 0 Å². The molecule has 23 heavy (non-hydrogen) atoms. The molecule has 0 aliphatic heterocycles. The highest BCUT2D eigenvalue weighted by molar-refractivity contribution is 5.87. The molecule has 0 fully saturated rings. The standard InChI is InChI=1S/C17H18O6/c1-20-14-4-3-5-15(16(14)21-2)23-11-10-22-13-8-6-12(7-9-13)17(18)19/h3-9H,10-11H2,1-2H3,(H,18,19). The first-order valence-electron chi connectivity index (χ1n) is 6.95. The van der Waals surface area contributed by atoms with Crippen molar-refractivity contribution < 1.29 is 28.8 Å². The molecule has 2 aromatic rings. The number of para-hydroxylation sites is 1. The van der Waals surface area contributed by atoms with Gasteiger partial charge in [0.15, 0.2) is 11.5 Å². The van der Waals surface area contributed by atoms with Crippen LogP contribution in [-0.2, 0) is 0 Å². The number of carboxylic acids is 1. The van der Waals surface area contributed by atoms with Crippen molar-refractivity contribution in [2.45, 2.75) is 0 Å². The van der Waals surface area contributed by atoms with E-state index in [1.54, 1.807) is 38.5 Å². The van der Waals surface area contributed by atoms with Crippen molar-refractivity contribution in [3.8, 4) is 23.0 Å². The lowest BCUT2D eigenvalue weighted by Crippen LogP contribution is -2.10. The van der Waals surface area contributed by atoms with Crippen LogP contribution in [0.3, 0.4) is 0 Å². The molecule has 0 unspecified atom stereocenters. The zero-order valence-electron chi connectivity index (χ0n) is 12.9. The lowest BCUT2D eigenvalue weighted by Gasteiger charge is -2.13. The molecule has 6 nitrogen and oxygen atoms in total. The third-order valence-electron chi connectivity index (χ3n) is 3.08. The maximum Gasteiger partial charge on any atom is 0.335 e. The SMILES string of the molecule is COc1cccc(OCCOc2ccc(C(=O)O)cc2)c1OC. The Balaban J connectivity index is 1.87. The van der Waals surface area contributed by atoms with Gasteiger partial charge in [0, 0.05) is 0 Å². The van der Waals surface area contributed by atoms with Gasteiger partial charge in [0.1, 0.15) is 19.0 Å². The molecule has 0 aliphatic rings. The number of hydrogen-bond acceptors (Lipinski definition) is 5. The van der Waals surface area contributed by atoms with Gasteiger partial charge in [0.25, 0.3) is 0 Å². The summed E-state index contributed by atoms with van der Waals surface area (Å²) < 4.78 is 21.6. The van der Waals surface area contributed by atoms with E-state index in [0.717, 1.165) is 0 Å². The molecule has 122 valence electrons. The van der Waals surface area contributed by atoms with E-state index in [-0.39, 0.29) is 5.56 Å². The Morgan fingerprint density at radius 1 is 0.913 bits per heavy atom. The monoisotopic (exact) mass is 318 g/mol. The average molecular weight is 318 g/mol. The van der Waals surface area contributed by atoms with Gasteiger partial charge in [-0.15, -0.1) is 0 Å². The van der Waals surface area contributed by atoms with Gasteiger partial charge in [0.2, 0.25) is 5.75 Å².